The number of hydrogen-bond acceptors (Lipinski definition) is 3. The average Bonchev–Trinajstić information content (AvgIpc) is 2.34. The van der Waals surface area contributed by atoms with Crippen molar-refractivity contribution < 1.29 is 14.4 Å². The zero-order valence-electron chi connectivity index (χ0n) is 10.4. The van der Waals surface area contributed by atoms with Crippen LogP contribution in [0.5, 0.6) is 0 Å². The first kappa shape index (κ1) is 13.7. The first-order valence-corrected chi connectivity index (χ1v) is 6.78. The van der Waals surface area contributed by atoms with Crippen molar-refractivity contribution in [2.45, 2.75) is 19.8 Å². The molecule has 0 spiro atoms. The lowest BCUT2D eigenvalue weighted by atomic mass is 9.99. The van der Waals surface area contributed by atoms with Gasteiger partial charge in [0, 0.05) is 4.47 Å². The van der Waals surface area contributed by atoms with Crippen LogP contribution in [0.15, 0.2) is 28.7 Å². The van der Waals surface area contributed by atoms with Gasteiger partial charge in [-0.05, 0) is 24.6 Å². The highest BCUT2D eigenvalue weighted by atomic mass is 79.9. The topological polar surface area (TPSA) is 66.5 Å². The largest absolute Gasteiger partial charge is 0.335 e. The number of barbiturate groups is 1. The number of anilines is 1. The van der Waals surface area contributed by atoms with E-state index in [1.165, 1.54) is 0 Å². The number of nitrogens with zero attached hydrogens (tertiary/aromatic N) is 1. The number of hydrogen-bond donors (Lipinski definition) is 1. The number of urea groups is 1. The van der Waals surface area contributed by atoms with Gasteiger partial charge in [-0.25, -0.2) is 9.69 Å². The Hall–Kier alpha value is -1.69. The van der Waals surface area contributed by atoms with E-state index in [0.717, 1.165) is 9.37 Å². The van der Waals surface area contributed by atoms with Crippen LogP contribution in [0.25, 0.3) is 0 Å². The van der Waals surface area contributed by atoms with Gasteiger partial charge in [-0.15, -0.1) is 0 Å². The summed E-state index contributed by atoms with van der Waals surface area (Å²) in [6, 6.07) is 6.15. The average molecular weight is 325 g/mol. The summed E-state index contributed by atoms with van der Waals surface area (Å²) in [5.41, 5.74) is 0.450. The monoisotopic (exact) mass is 324 g/mol. The van der Waals surface area contributed by atoms with Crippen LogP contribution in [-0.4, -0.2) is 17.8 Å². The molecule has 1 N–H and O–H groups in total. The van der Waals surface area contributed by atoms with Crippen molar-refractivity contribution in [1.29, 1.82) is 0 Å². The summed E-state index contributed by atoms with van der Waals surface area (Å²) in [6.45, 7) is 1.89. The van der Waals surface area contributed by atoms with Crippen LogP contribution >= 0.6 is 15.9 Å². The summed E-state index contributed by atoms with van der Waals surface area (Å²) in [5.74, 6) is -1.77. The molecule has 1 saturated heterocycles. The minimum Gasteiger partial charge on any atom is -0.277 e. The van der Waals surface area contributed by atoms with Gasteiger partial charge in [0.2, 0.25) is 11.8 Å². The quantitative estimate of drug-likeness (QED) is 0.868. The maximum Gasteiger partial charge on any atom is 0.335 e. The summed E-state index contributed by atoms with van der Waals surface area (Å²) in [6.07, 6.45) is 1.13. The van der Waals surface area contributed by atoms with Crippen molar-refractivity contribution in [3.8, 4) is 0 Å². The molecule has 4 amide bonds. The van der Waals surface area contributed by atoms with E-state index in [1.54, 1.807) is 24.3 Å². The summed E-state index contributed by atoms with van der Waals surface area (Å²) in [4.78, 5) is 36.8. The third-order valence-electron chi connectivity index (χ3n) is 2.91. The van der Waals surface area contributed by atoms with Crippen LogP contribution in [0.1, 0.15) is 19.8 Å². The first-order chi connectivity index (χ1) is 9.04. The van der Waals surface area contributed by atoms with Gasteiger partial charge in [-0.2, -0.15) is 0 Å². The van der Waals surface area contributed by atoms with E-state index in [4.69, 9.17) is 0 Å². The summed E-state index contributed by atoms with van der Waals surface area (Å²) in [7, 11) is 0. The number of nitrogens with one attached hydrogen (secondary N) is 1. The lowest BCUT2D eigenvalue weighted by Gasteiger charge is -2.30. The van der Waals surface area contributed by atoms with E-state index in [0.29, 0.717) is 18.5 Å². The number of imide groups is 2. The molecule has 0 aromatic heterocycles. The zero-order valence-corrected chi connectivity index (χ0v) is 11.9. The molecule has 0 saturated carbocycles. The van der Waals surface area contributed by atoms with Crippen molar-refractivity contribution in [1.82, 2.24) is 5.32 Å². The smallest absolute Gasteiger partial charge is 0.277 e. The van der Waals surface area contributed by atoms with Gasteiger partial charge in [0.25, 0.3) is 0 Å². The molecule has 100 valence electrons. The molecule has 0 bridgehead atoms. The van der Waals surface area contributed by atoms with Crippen molar-refractivity contribution >= 4 is 39.5 Å². The lowest BCUT2D eigenvalue weighted by molar-refractivity contribution is -0.134. The van der Waals surface area contributed by atoms with Crippen molar-refractivity contribution in [3.63, 3.8) is 0 Å². The summed E-state index contributed by atoms with van der Waals surface area (Å²) >= 11 is 3.29. The molecule has 1 fully saturated rings. The van der Waals surface area contributed by atoms with Crippen LogP contribution in [0.4, 0.5) is 10.5 Å². The van der Waals surface area contributed by atoms with Gasteiger partial charge in [-0.3, -0.25) is 14.9 Å². The minimum atomic E-state index is -0.790. The molecule has 0 aliphatic carbocycles. The number of halogens is 1. The van der Waals surface area contributed by atoms with E-state index < -0.39 is 23.8 Å². The third-order valence-corrected chi connectivity index (χ3v) is 3.41. The van der Waals surface area contributed by atoms with E-state index >= 15 is 0 Å². The lowest BCUT2D eigenvalue weighted by Crippen LogP contribution is -2.58. The molecule has 1 unspecified atom stereocenters. The minimum absolute atomic E-state index is 0.433. The SMILES string of the molecule is CCCC1C(=O)NC(=O)N(c2cccc(Br)c2)C1=O. The molecule has 1 heterocycles. The molecule has 0 radical (unpaired) electrons. The standard InChI is InChI=1S/C13H13BrN2O3/c1-2-4-10-11(17)15-13(19)16(12(10)18)9-6-3-5-8(14)7-9/h3,5-7,10H,2,4H2,1H3,(H,15,17,19). The van der Waals surface area contributed by atoms with Crippen molar-refractivity contribution in [3.05, 3.63) is 28.7 Å². The Kier molecular flexibility index (Phi) is 3.99. The second-order valence-corrected chi connectivity index (χ2v) is 5.20. The van der Waals surface area contributed by atoms with Gasteiger partial charge < -0.3 is 0 Å². The molecule has 1 aliphatic heterocycles. The van der Waals surface area contributed by atoms with E-state index in [-0.39, 0.29) is 0 Å². The van der Waals surface area contributed by atoms with Crippen molar-refractivity contribution in [2.75, 3.05) is 4.90 Å². The van der Waals surface area contributed by atoms with Gasteiger partial charge in [-0.1, -0.05) is 35.3 Å². The Morgan fingerprint density at radius 3 is 2.68 bits per heavy atom. The fraction of sp³-hybridized carbons (Fsp3) is 0.308. The molecular weight excluding hydrogens is 312 g/mol. The Balaban J connectivity index is 2.36. The summed E-state index contributed by atoms with van der Waals surface area (Å²) < 4.78 is 0.759. The Morgan fingerprint density at radius 1 is 1.32 bits per heavy atom. The molecule has 19 heavy (non-hydrogen) atoms. The molecule has 5 nitrogen and oxygen atoms in total. The molecule has 1 aliphatic rings. The first-order valence-electron chi connectivity index (χ1n) is 5.99. The predicted molar refractivity (Wildman–Crippen MR) is 73.6 cm³/mol. The van der Waals surface area contributed by atoms with Crippen LogP contribution in [0, 0.1) is 5.92 Å². The molecule has 1 aromatic carbocycles. The number of rotatable bonds is 3. The maximum absolute atomic E-state index is 12.3. The van der Waals surface area contributed by atoms with E-state index in [1.807, 2.05) is 6.92 Å². The molecule has 1 aromatic rings. The molecule has 1 atom stereocenters. The fourth-order valence-corrected chi connectivity index (χ4v) is 2.41. The van der Waals surface area contributed by atoms with Crippen LogP contribution in [0.3, 0.4) is 0 Å². The highest BCUT2D eigenvalue weighted by Crippen LogP contribution is 2.25. The second kappa shape index (κ2) is 5.52. The van der Waals surface area contributed by atoms with Gasteiger partial charge in [0.15, 0.2) is 0 Å². The van der Waals surface area contributed by atoms with Crippen molar-refractivity contribution in [2.24, 2.45) is 5.92 Å². The number of carbonyl (C=O) groups excluding carboxylic acids is 3. The van der Waals surface area contributed by atoms with Crippen LogP contribution in [-0.2, 0) is 9.59 Å². The predicted octanol–water partition coefficient (Wildman–Crippen LogP) is 2.45. The molecular formula is C13H13BrN2O3. The maximum atomic E-state index is 12.3. The zero-order chi connectivity index (χ0) is 14.0. The van der Waals surface area contributed by atoms with Gasteiger partial charge in [0.1, 0.15) is 5.92 Å². The van der Waals surface area contributed by atoms with Gasteiger partial charge >= 0.3 is 6.03 Å². The second-order valence-electron chi connectivity index (χ2n) is 4.29. The third kappa shape index (κ3) is 2.68. The Labute approximate surface area is 119 Å². The molecule has 2 rings (SSSR count). The van der Waals surface area contributed by atoms with Crippen LogP contribution < -0.4 is 10.2 Å². The Morgan fingerprint density at radius 2 is 2.05 bits per heavy atom. The highest BCUT2D eigenvalue weighted by Gasteiger charge is 2.40. The van der Waals surface area contributed by atoms with Gasteiger partial charge in [0.05, 0.1) is 5.69 Å². The highest BCUT2D eigenvalue weighted by molar-refractivity contribution is 9.10. The number of amides is 4. The van der Waals surface area contributed by atoms with E-state index in [9.17, 15) is 14.4 Å². The normalized spacial score (nSPS) is 19.6. The fourth-order valence-electron chi connectivity index (χ4n) is 2.02. The molecule has 6 heteroatoms. The van der Waals surface area contributed by atoms with E-state index in [2.05, 4.69) is 21.2 Å². The number of carbonyl (C=O) groups is 3. The van der Waals surface area contributed by atoms with Crippen LogP contribution in [0.2, 0.25) is 0 Å². The Bertz CT molecular complexity index is 544. The summed E-state index contributed by atoms with van der Waals surface area (Å²) in [5, 5.41) is 2.22. The number of benzene rings is 1.